The monoisotopic (exact) mass is 269 g/mol. The van der Waals surface area contributed by atoms with Gasteiger partial charge in [0.05, 0.1) is 6.04 Å². The second kappa shape index (κ2) is 8.44. The number of hydrogen-bond acceptors (Lipinski definition) is 5. The van der Waals surface area contributed by atoms with Gasteiger partial charge in [-0.2, -0.15) is 0 Å². The number of rotatable bonds is 7. The molecule has 0 amide bonds. The molecule has 0 aliphatic carbocycles. The number of nitrogens with one attached hydrogen (secondary N) is 2. The summed E-state index contributed by atoms with van der Waals surface area (Å²) in [7, 11) is 1.89. The van der Waals surface area contributed by atoms with Gasteiger partial charge in [-0.25, -0.2) is 5.84 Å². The van der Waals surface area contributed by atoms with Crippen molar-refractivity contribution >= 4 is 5.96 Å². The van der Waals surface area contributed by atoms with E-state index in [-0.39, 0.29) is 6.04 Å². The van der Waals surface area contributed by atoms with Crippen molar-refractivity contribution in [1.29, 1.82) is 0 Å². The summed E-state index contributed by atoms with van der Waals surface area (Å²) in [6, 6.07) is -0.0332. The Labute approximate surface area is 113 Å². The average Bonchev–Trinajstić information content (AvgIpc) is 2.83. The lowest BCUT2D eigenvalue weighted by Crippen LogP contribution is -2.43. The molecule has 0 aromatic carbocycles. The van der Waals surface area contributed by atoms with Gasteiger partial charge in [-0.3, -0.25) is 10.4 Å². The topological polar surface area (TPSA) is 102 Å². The third kappa shape index (κ3) is 5.23. The Hall–Kier alpha value is -1.67. The number of guanidine groups is 1. The summed E-state index contributed by atoms with van der Waals surface area (Å²) in [5.41, 5.74) is 2.55. The standard InChI is InChI=1S/C11H23N7O/c1-4-19-7-5-6-13-11(16-12)15-9(2)10-17-14-8-18(10)3/h8-9H,4-7,12H2,1-3H3,(H2,13,15,16). The maximum Gasteiger partial charge on any atom is 0.206 e. The third-order valence-electron chi connectivity index (χ3n) is 2.54. The summed E-state index contributed by atoms with van der Waals surface area (Å²) in [6.45, 7) is 6.03. The fourth-order valence-corrected chi connectivity index (χ4v) is 1.59. The maximum atomic E-state index is 5.44. The van der Waals surface area contributed by atoms with Crippen LogP contribution in [0.5, 0.6) is 0 Å². The fourth-order valence-electron chi connectivity index (χ4n) is 1.59. The number of hydrogen-bond donors (Lipinski definition) is 3. The number of nitrogens with zero attached hydrogens (tertiary/aromatic N) is 4. The molecular weight excluding hydrogens is 246 g/mol. The quantitative estimate of drug-likeness (QED) is 0.207. The van der Waals surface area contributed by atoms with Crippen LogP contribution in [0.1, 0.15) is 32.1 Å². The number of ether oxygens (including phenoxy) is 1. The van der Waals surface area contributed by atoms with Crippen molar-refractivity contribution in [3.05, 3.63) is 12.2 Å². The minimum Gasteiger partial charge on any atom is -0.382 e. The lowest BCUT2D eigenvalue weighted by atomic mass is 10.3. The van der Waals surface area contributed by atoms with Crippen LogP contribution in [0.4, 0.5) is 0 Å². The first-order chi connectivity index (χ1) is 9.19. The van der Waals surface area contributed by atoms with Crippen LogP contribution in [0.15, 0.2) is 11.3 Å². The van der Waals surface area contributed by atoms with E-state index >= 15 is 0 Å². The maximum absolute atomic E-state index is 5.44. The van der Waals surface area contributed by atoms with Gasteiger partial charge in [-0.1, -0.05) is 0 Å². The van der Waals surface area contributed by atoms with E-state index in [1.54, 1.807) is 6.33 Å². The summed E-state index contributed by atoms with van der Waals surface area (Å²) >= 11 is 0. The largest absolute Gasteiger partial charge is 0.382 e. The van der Waals surface area contributed by atoms with Gasteiger partial charge < -0.3 is 14.6 Å². The first-order valence-corrected chi connectivity index (χ1v) is 6.38. The van der Waals surface area contributed by atoms with Crippen LogP contribution in [0.3, 0.4) is 0 Å². The van der Waals surface area contributed by atoms with Gasteiger partial charge in [-0.05, 0) is 20.3 Å². The molecule has 0 fully saturated rings. The Morgan fingerprint density at radius 3 is 3.00 bits per heavy atom. The molecule has 108 valence electrons. The highest BCUT2D eigenvalue weighted by Gasteiger charge is 2.12. The van der Waals surface area contributed by atoms with Crippen LogP contribution >= 0.6 is 0 Å². The van der Waals surface area contributed by atoms with Crippen molar-refractivity contribution < 1.29 is 4.74 Å². The van der Waals surface area contributed by atoms with Crippen molar-refractivity contribution in [2.24, 2.45) is 17.9 Å². The van der Waals surface area contributed by atoms with Crippen molar-refractivity contribution in [2.75, 3.05) is 19.8 Å². The molecule has 1 aromatic heterocycles. The summed E-state index contributed by atoms with van der Waals surface area (Å²) in [5, 5.41) is 11.0. The molecule has 1 aromatic rings. The van der Waals surface area contributed by atoms with E-state index in [0.717, 1.165) is 18.9 Å². The lowest BCUT2D eigenvalue weighted by Gasteiger charge is -2.15. The van der Waals surface area contributed by atoms with Crippen molar-refractivity contribution in [3.63, 3.8) is 0 Å². The van der Waals surface area contributed by atoms with E-state index in [1.807, 2.05) is 25.5 Å². The van der Waals surface area contributed by atoms with Gasteiger partial charge in [-0.15, -0.1) is 10.2 Å². The van der Waals surface area contributed by atoms with E-state index in [9.17, 15) is 0 Å². The van der Waals surface area contributed by atoms with E-state index in [0.29, 0.717) is 19.1 Å². The molecule has 0 radical (unpaired) electrons. The molecule has 8 heteroatoms. The van der Waals surface area contributed by atoms with E-state index in [2.05, 4.69) is 25.9 Å². The minimum absolute atomic E-state index is 0.0332. The van der Waals surface area contributed by atoms with Gasteiger partial charge in [0.1, 0.15) is 6.33 Å². The zero-order valence-corrected chi connectivity index (χ0v) is 11.8. The van der Waals surface area contributed by atoms with Crippen LogP contribution in [-0.2, 0) is 11.8 Å². The molecule has 4 N–H and O–H groups in total. The number of aryl methyl sites for hydroxylation is 1. The van der Waals surface area contributed by atoms with Crippen molar-refractivity contribution in [2.45, 2.75) is 26.3 Å². The van der Waals surface area contributed by atoms with Crippen LogP contribution in [0.25, 0.3) is 0 Å². The summed E-state index contributed by atoms with van der Waals surface area (Å²) in [4.78, 5) is 4.33. The predicted molar refractivity (Wildman–Crippen MR) is 73.3 cm³/mol. The van der Waals surface area contributed by atoms with E-state index in [4.69, 9.17) is 10.6 Å². The van der Waals surface area contributed by atoms with Crippen LogP contribution in [-0.4, -0.2) is 40.5 Å². The Morgan fingerprint density at radius 2 is 2.42 bits per heavy atom. The molecule has 8 nitrogen and oxygen atoms in total. The van der Waals surface area contributed by atoms with Crippen LogP contribution in [0.2, 0.25) is 0 Å². The highest BCUT2D eigenvalue weighted by molar-refractivity contribution is 5.79. The minimum atomic E-state index is -0.0332. The van der Waals surface area contributed by atoms with Crippen LogP contribution in [0, 0.1) is 0 Å². The van der Waals surface area contributed by atoms with Gasteiger partial charge in [0.25, 0.3) is 0 Å². The van der Waals surface area contributed by atoms with Gasteiger partial charge in [0, 0.05) is 26.8 Å². The zero-order chi connectivity index (χ0) is 14.1. The molecule has 1 heterocycles. The molecule has 1 unspecified atom stereocenters. The molecule has 1 atom stereocenters. The summed E-state index contributed by atoms with van der Waals surface area (Å²) in [5.74, 6) is 6.79. The normalized spacial score (nSPS) is 13.4. The zero-order valence-electron chi connectivity index (χ0n) is 11.8. The Bertz CT molecular complexity index is 390. The van der Waals surface area contributed by atoms with E-state index < -0.39 is 0 Å². The summed E-state index contributed by atoms with van der Waals surface area (Å²) < 4.78 is 7.09. The van der Waals surface area contributed by atoms with Gasteiger partial charge in [0.15, 0.2) is 5.82 Å². The molecule has 1 rings (SSSR count). The molecule has 0 saturated carbocycles. The highest BCUT2D eigenvalue weighted by atomic mass is 16.5. The molecule has 0 spiro atoms. The first kappa shape index (κ1) is 15.4. The molecule has 0 saturated heterocycles. The highest BCUT2D eigenvalue weighted by Crippen LogP contribution is 2.06. The van der Waals surface area contributed by atoms with Gasteiger partial charge >= 0.3 is 0 Å². The predicted octanol–water partition coefficient (Wildman–Crippen LogP) is -0.288. The second-order valence-electron chi connectivity index (χ2n) is 4.09. The number of aromatic nitrogens is 3. The molecule has 19 heavy (non-hydrogen) atoms. The number of aliphatic imine (C=N–C) groups is 1. The average molecular weight is 269 g/mol. The van der Waals surface area contributed by atoms with Crippen molar-refractivity contribution in [3.8, 4) is 0 Å². The fraction of sp³-hybridized carbons (Fsp3) is 0.727. The SMILES string of the molecule is CCOCCCN=C(NN)NC(C)c1nncn1C. The van der Waals surface area contributed by atoms with Crippen LogP contribution < -0.4 is 16.6 Å². The Kier molecular flexibility index (Phi) is 6.83. The smallest absolute Gasteiger partial charge is 0.206 e. The molecular formula is C11H23N7O. The van der Waals surface area contributed by atoms with E-state index in [1.165, 1.54) is 0 Å². The number of hydrazine groups is 1. The third-order valence-corrected chi connectivity index (χ3v) is 2.54. The molecule has 0 aliphatic heterocycles. The molecule has 0 aliphatic rings. The van der Waals surface area contributed by atoms with Gasteiger partial charge in [0.2, 0.25) is 5.96 Å². The number of nitrogens with two attached hydrogens (primary N) is 1. The van der Waals surface area contributed by atoms with Crippen molar-refractivity contribution in [1.82, 2.24) is 25.5 Å². The lowest BCUT2D eigenvalue weighted by molar-refractivity contribution is 0.146. The Morgan fingerprint density at radius 1 is 1.63 bits per heavy atom. The second-order valence-corrected chi connectivity index (χ2v) is 4.09. The Balaban J connectivity index is 2.43. The summed E-state index contributed by atoms with van der Waals surface area (Å²) in [6.07, 6.45) is 2.52. The first-order valence-electron chi connectivity index (χ1n) is 6.38. The molecule has 0 bridgehead atoms.